The lowest BCUT2D eigenvalue weighted by molar-refractivity contribution is 0.706. The van der Waals surface area contributed by atoms with Crippen molar-refractivity contribution in [2.75, 3.05) is 23.9 Å². The molecule has 4 N–H and O–H groups in total. The predicted octanol–water partition coefficient (Wildman–Crippen LogP) is 0.302. The number of nitrogen functional groups attached to an aromatic ring is 1. The fourth-order valence-corrected chi connectivity index (χ4v) is 1.65. The number of thioether (sulfide) groups is 1. The van der Waals surface area contributed by atoms with E-state index >= 15 is 0 Å². The van der Waals surface area contributed by atoms with Crippen LogP contribution in [0.5, 0.6) is 0 Å². The zero-order valence-corrected chi connectivity index (χ0v) is 11.1. The van der Waals surface area contributed by atoms with Gasteiger partial charge < -0.3 is 11.1 Å². The smallest absolute Gasteiger partial charge is 0.330 e. The minimum absolute atomic E-state index is 0.189. The van der Waals surface area contributed by atoms with Gasteiger partial charge in [-0.05, 0) is 13.2 Å². The number of H-pyrrole nitrogens is 1. The number of rotatable bonds is 5. The molecule has 0 aliphatic rings. The first-order valence-electron chi connectivity index (χ1n) is 5.40. The summed E-state index contributed by atoms with van der Waals surface area (Å²) in [6.07, 6.45) is 1.99. The maximum Gasteiger partial charge on any atom is 0.330 e. The predicted molar refractivity (Wildman–Crippen MR) is 72.9 cm³/mol. The Morgan fingerprint density at radius 3 is 2.71 bits per heavy atom. The second-order valence-electron chi connectivity index (χ2n) is 3.69. The van der Waals surface area contributed by atoms with Crippen LogP contribution in [-0.4, -0.2) is 27.6 Å². The Kier molecular flexibility index (Phi) is 4.68. The maximum absolute atomic E-state index is 11.6. The summed E-state index contributed by atoms with van der Waals surface area (Å²) in [6, 6.07) is 0. The lowest BCUT2D eigenvalue weighted by Crippen LogP contribution is -2.34. The molecule has 0 amide bonds. The lowest BCUT2D eigenvalue weighted by Gasteiger charge is -2.14. The van der Waals surface area contributed by atoms with Crippen LogP contribution >= 0.6 is 11.8 Å². The van der Waals surface area contributed by atoms with Crippen LogP contribution in [0, 0.1) is 0 Å². The number of hydrogen-bond acceptors (Lipinski definition) is 5. The van der Waals surface area contributed by atoms with Crippen LogP contribution in [0.1, 0.15) is 13.8 Å². The number of nitrogens with two attached hydrogens (primary N) is 1. The summed E-state index contributed by atoms with van der Waals surface area (Å²) in [7, 11) is 0. The minimum Gasteiger partial charge on any atom is -0.383 e. The lowest BCUT2D eigenvalue weighted by atomic mass is 10.4. The Balaban J connectivity index is 3.07. The van der Waals surface area contributed by atoms with Gasteiger partial charge in [0.15, 0.2) is 0 Å². The highest BCUT2D eigenvalue weighted by Crippen LogP contribution is 2.12. The van der Waals surface area contributed by atoms with E-state index in [9.17, 15) is 9.59 Å². The third-order valence-electron chi connectivity index (χ3n) is 2.52. The van der Waals surface area contributed by atoms with Crippen molar-refractivity contribution in [3.05, 3.63) is 20.8 Å². The molecule has 0 saturated heterocycles. The number of aromatic amines is 1. The molecule has 1 atom stereocenters. The van der Waals surface area contributed by atoms with Gasteiger partial charge >= 0.3 is 5.69 Å². The van der Waals surface area contributed by atoms with Crippen LogP contribution in [-0.2, 0) is 6.54 Å². The molecule has 7 heteroatoms. The standard InChI is InChI=1S/C10H18N4O2S/c1-4-14-8(11)7(9(15)13-10(14)16)12-5-6(2)17-3/h6,12H,4-5,11H2,1-3H3,(H,13,15,16). The highest BCUT2D eigenvalue weighted by molar-refractivity contribution is 7.99. The Hall–Kier alpha value is -1.37. The molecule has 0 aliphatic carbocycles. The van der Waals surface area contributed by atoms with Crippen molar-refractivity contribution in [3.63, 3.8) is 0 Å². The monoisotopic (exact) mass is 258 g/mol. The van der Waals surface area contributed by atoms with Crippen molar-refractivity contribution in [2.45, 2.75) is 25.6 Å². The first-order valence-corrected chi connectivity index (χ1v) is 6.69. The highest BCUT2D eigenvalue weighted by Gasteiger charge is 2.11. The summed E-state index contributed by atoms with van der Waals surface area (Å²) in [6.45, 7) is 4.88. The van der Waals surface area contributed by atoms with Crippen LogP contribution in [0.15, 0.2) is 9.59 Å². The Bertz CT molecular complexity index is 494. The van der Waals surface area contributed by atoms with Crippen molar-refractivity contribution in [2.24, 2.45) is 0 Å². The van der Waals surface area contributed by atoms with Gasteiger partial charge in [-0.2, -0.15) is 11.8 Å². The minimum atomic E-state index is -0.474. The van der Waals surface area contributed by atoms with Gasteiger partial charge in [-0.3, -0.25) is 14.3 Å². The van der Waals surface area contributed by atoms with E-state index in [1.165, 1.54) is 4.57 Å². The Morgan fingerprint density at radius 2 is 2.18 bits per heavy atom. The van der Waals surface area contributed by atoms with Gasteiger partial charge in [0, 0.05) is 18.3 Å². The summed E-state index contributed by atoms with van der Waals surface area (Å²) < 4.78 is 1.33. The second kappa shape index (κ2) is 5.81. The molecular weight excluding hydrogens is 240 g/mol. The van der Waals surface area contributed by atoms with E-state index in [2.05, 4.69) is 10.3 Å². The summed E-state index contributed by atoms with van der Waals surface area (Å²) >= 11 is 1.68. The van der Waals surface area contributed by atoms with Gasteiger partial charge in [0.25, 0.3) is 5.56 Å². The van der Waals surface area contributed by atoms with Gasteiger partial charge in [0.1, 0.15) is 11.5 Å². The molecule has 17 heavy (non-hydrogen) atoms. The fraction of sp³-hybridized carbons (Fsp3) is 0.600. The third-order valence-corrected chi connectivity index (χ3v) is 3.50. The molecule has 1 aromatic heterocycles. The highest BCUT2D eigenvalue weighted by atomic mass is 32.2. The van der Waals surface area contributed by atoms with Crippen LogP contribution < -0.4 is 22.3 Å². The molecule has 0 saturated carbocycles. The fourth-order valence-electron chi connectivity index (χ4n) is 1.40. The first kappa shape index (κ1) is 13.7. The van der Waals surface area contributed by atoms with Gasteiger partial charge in [-0.25, -0.2) is 4.79 Å². The molecule has 1 heterocycles. The average molecular weight is 258 g/mol. The molecule has 0 aromatic carbocycles. The first-order chi connectivity index (χ1) is 8.01. The molecule has 0 bridgehead atoms. The number of nitrogens with one attached hydrogen (secondary N) is 2. The van der Waals surface area contributed by atoms with E-state index in [1.807, 2.05) is 13.2 Å². The Labute approximate surface area is 104 Å². The van der Waals surface area contributed by atoms with E-state index in [1.54, 1.807) is 18.7 Å². The van der Waals surface area contributed by atoms with Crippen LogP contribution in [0.4, 0.5) is 11.5 Å². The van der Waals surface area contributed by atoms with Crippen molar-refractivity contribution in [3.8, 4) is 0 Å². The van der Waals surface area contributed by atoms with Crippen LogP contribution in [0.25, 0.3) is 0 Å². The third kappa shape index (κ3) is 3.06. The van der Waals surface area contributed by atoms with Gasteiger partial charge in [-0.15, -0.1) is 0 Å². The topological polar surface area (TPSA) is 92.9 Å². The van der Waals surface area contributed by atoms with Crippen molar-refractivity contribution in [1.29, 1.82) is 0 Å². The van der Waals surface area contributed by atoms with E-state index in [0.717, 1.165) is 0 Å². The van der Waals surface area contributed by atoms with Crippen molar-refractivity contribution >= 4 is 23.3 Å². The summed E-state index contributed by atoms with van der Waals surface area (Å²) in [4.78, 5) is 25.3. The number of hydrogen-bond donors (Lipinski definition) is 3. The maximum atomic E-state index is 11.6. The normalized spacial score (nSPS) is 12.4. The Morgan fingerprint density at radius 1 is 1.53 bits per heavy atom. The zero-order valence-electron chi connectivity index (χ0n) is 10.2. The zero-order chi connectivity index (χ0) is 13.0. The molecule has 0 spiro atoms. The van der Waals surface area contributed by atoms with Crippen molar-refractivity contribution in [1.82, 2.24) is 9.55 Å². The molecule has 0 fully saturated rings. The number of nitrogens with zero attached hydrogens (tertiary/aromatic N) is 1. The molecule has 1 aromatic rings. The van der Waals surface area contributed by atoms with Crippen molar-refractivity contribution < 1.29 is 0 Å². The van der Waals surface area contributed by atoms with Crippen LogP contribution in [0.3, 0.4) is 0 Å². The summed E-state index contributed by atoms with van der Waals surface area (Å²) in [5.74, 6) is 0.189. The van der Waals surface area contributed by atoms with E-state index < -0.39 is 11.2 Å². The second-order valence-corrected chi connectivity index (χ2v) is 4.97. The quantitative estimate of drug-likeness (QED) is 0.706. The van der Waals surface area contributed by atoms with Crippen LogP contribution in [0.2, 0.25) is 0 Å². The van der Waals surface area contributed by atoms with E-state index in [0.29, 0.717) is 18.3 Å². The molecule has 96 valence electrons. The van der Waals surface area contributed by atoms with Gasteiger partial charge in [0.2, 0.25) is 0 Å². The molecular formula is C10H18N4O2S. The average Bonchev–Trinajstić information content (AvgIpc) is 2.28. The molecule has 1 rings (SSSR count). The largest absolute Gasteiger partial charge is 0.383 e. The summed E-state index contributed by atoms with van der Waals surface area (Å²) in [5.41, 5.74) is 5.13. The SMILES string of the molecule is CCn1c(N)c(NCC(C)SC)c(=O)[nH]c1=O. The molecule has 0 radical (unpaired) electrons. The van der Waals surface area contributed by atoms with E-state index in [-0.39, 0.29) is 11.5 Å². The number of aromatic nitrogens is 2. The van der Waals surface area contributed by atoms with E-state index in [4.69, 9.17) is 5.73 Å². The molecule has 1 unspecified atom stereocenters. The molecule has 6 nitrogen and oxygen atoms in total. The summed E-state index contributed by atoms with van der Waals surface area (Å²) in [5, 5.41) is 3.34. The number of anilines is 2. The van der Waals surface area contributed by atoms with Gasteiger partial charge in [-0.1, -0.05) is 6.92 Å². The van der Waals surface area contributed by atoms with Gasteiger partial charge in [0.05, 0.1) is 0 Å². The molecule has 0 aliphatic heterocycles.